The Labute approximate surface area is 154 Å². The summed E-state index contributed by atoms with van der Waals surface area (Å²) < 4.78 is 24.8. The number of piperidine rings is 1. The zero-order valence-electron chi connectivity index (χ0n) is 15.2. The van der Waals surface area contributed by atoms with Gasteiger partial charge in [0, 0.05) is 19.6 Å². The number of likely N-dealkylation sites (tertiary alicyclic amines) is 1. The number of rotatable bonds is 6. The Morgan fingerprint density at radius 1 is 1.44 bits per heavy atom. The van der Waals surface area contributed by atoms with Crippen LogP contribution in [0.1, 0.15) is 27.2 Å². The highest BCUT2D eigenvalue weighted by Crippen LogP contribution is 2.21. The standard InChI is InChI=1S/C17H29N3O3S2/c1-4-18-17(20-10-13(2)8-14(3)11-20)19-9-15(21)12-25(22,23)16-6-5-7-24-16/h5-7,13-15,21H,4,8-12H2,1-3H3,(H,18,19). The lowest BCUT2D eigenvalue weighted by molar-refractivity contribution is 0.197. The van der Waals surface area contributed by atoms with Crippen LogP contribution in [0.15, 0.2) is 26.7 Å². The van der Waals surface area contributed by atoms with Crippen molar-refractivity contribution in [2.24, 2.45) is 16.8 Å². The van der Waals surface area contributed by atoms with Crippen molar-refractivity contribution in [1.29, 1.82) is 0 Å². The van der Waals surface area contributed by atoms with E-state index >= 15 is 0 Å². The highest BCUT2D eigenvalue weighted by atomic mass is 32.2. The molecule has 0 amide bonds. The molecule has 1 aromatic rings. The Kier molecular flexibility index (Phi) is 7.27. The molecule has 6 nitrogen and oxygen atoms in total. The maximum absolute atomic E-state index is 12.2. The third-order valence-corrected chi connectivity index (χ3v) is 7.45. The predicted molar refractivity (Wildman–Crippen MR) is 103 cm³/mol. The second kappa shape index (κ2) is 9.00. The van der Waals surface area contributed by atoms with Crippen molar-refractivity contribution in [1.82, 2.24) is 10.2 Å². The van der Waals surface area contributed by atoms with Gasteiger partial charge in [-0.3, -0.25) is 4.99 Å². The summed E-state index contributed by atoms with van der Waals surface area (Å²) in [5.74, 6) is 1.64. The molecule has 0 saturated carbocycles. The van der Waals surface area contributed by atoms with Crippen LogP contribution >= 0.6 is 11.3 Å². The Hall–Kier alpha value is -1.12. The second-order valence-corrected chi connectivity index (χ2v) is 10.1. The summed E-state index contributed by atoms with van der Waals surface area (Å²) in [5.41, 5.74) is 0. The Morgan fingerprint density at radius 3 is 2.68 bits per heavy atom. The number of sulfone groups is 1. The topological polar surface area (TPSA) is 82.0 Å². The highest BCUT2D eigenvalue weighted by molar-refractivity contribution is 7.93. The number of hydrogen-bond donors (Lipinski definition) is 2. The number of aliphatic imine (C=N–C) groups is 1. The molecule has 0 aliphatic carbocycles. The minimum absolute atomic E-state index is 0.0756. The van der Waals surface area contributed by atoms with Crippen LogP contribution in [0.2, 0.25) is 0 Å². The summed E-state index contributed by atoms with van der Waals surface area (Å²) in [6.07, 6.45) is 0.192. The van der Waals surface area contributed by atoms with Crippen molar-refractivity contribution in [2.75, 3.05) is 31.9 Å². The molecular weight excluding hydrogens is 358 g/mol. The van der Waals surface area contributed by atoms with E-state index in [4.69, 9.17) is 0 Å². The van der Waals surface area contributed by atoms with Crippen molar-refractivity contribution >= 4 is 27.1 Å². The molecule has 0 bridgehead atoms. The summed E-state index contributed by atoms with van der Waals surface area (Å²) in [7, 11) is -3.45. The van der Waals surface area contributed by atoms with Crippen LogP contribution in [0.5, 0.6) is 0 Å². The molecule has 3 atom stereocenters. The van der Waals surface area contributed by atoms with Crippen LogP contribution in [0, 0.1) is 11.8 Å². The quantitative estimate of drug-likeness (QED) is 0.575. The van der Waals surface area contributed by atoms with Crippen molar-refractivity contribution < 1.29 is 13.5 Å². The van der Waals surface area contributed by atoms with E-state index in [0.29, 0.717) is 16.0 Å². The van der Waals surface area contributed by atoms with Crippen LogP contribution in [0.3, 0.4) is 0 Å². The van der Waals surface area contributed by atoms with Crippen LogP contribution in [-0.2, 0) is 9.84 Å². The maximum atomic E-state index is 12.2. The van der Waals surface area contributed by atoms with Gasteiger partial charge in [-0.1, -0.05) is 19.9 Å². The summed E-state index contributed by atoms with van der Waals surface area (Å²) in [5, 5.41) is 15.2. The zero-order chi connectivity index (χ0) is 18.4. The molecule has 1 saturated heterocycles. The van der Waals surface area contributed by atoms with E-state index in [1.165, 1.54) is 17.8 Å². The van der Waals surface area contributed by atoms with E-state index in [2.05, 4.69) is 29.1 Å². The predicted octanol–water partition coefficient (Wildman–Crippen LogP) is 1.83. The summed E-state index contributed by atoms with van der Waals surface area (Å²) in [6.45, 7) is 9.14. The third-order valence-electron chi connectivity index (χ3n) is 4.17. The van der Waals surface area contributed by atoms with Crippen molar-refractivity contribution in [2.45, 2.75) is 37.5 Å². The zero-order valence-corrected chi connectivity index (χ0v) is 16.8. The monoisotopic (exact) mass is 387 g/mol. The normalized spacial score (nSPS) is 23.5. The first-order chi connectivity index (χ1) is 11.8. The summed E-state index contributed by atoms with van der Waals surface area (Å²) >= 11 is 1.17. The van der Waals surface area contributed by atoms with Gasteiger partial charge in [0.05, 0.1) is 18.4 Å². The van der Waals surface area contributed by atoms with Gasteiger partial charge in [0.1, 0.15) is 4.21 Å². The van der Waals surface area contributed by atoms with Crippen LogP contribution in [-0.4, -0.2) is 62.4 Å². The molecule has 25 heavy (non-hydrogen) atoms. The molecule has 142 valence electrons. The van der Waals surface area contributed by atoms with Gasteiger partial charge < -0.3 is 15.3 Å². The number of aliphatic hydroxyl groups excluding tert-OH is 1. The largest absolute Gasteiger partial charge is 0.390 e. The average molecular weight is 388 g/mol. The highest BCUT2D eigenvalue weighted by Gasteiger charge is 2.25. The molecule has 0 aromatic carbocycles. The Balaban J connectivity index is 2.00. The second-order valence-electron chi connectivity index (χ2n) is 6.91. The van der Waals surface area contributed by atoms with E-state index < -0.39 is 15.9 Å². The van der Waals surface area contributed by atoms with E-state index in [9.17, 15) is 13.5 Å². The van der Waals surface area contributed by atoms with Crippen molar-refractivity contribution in [3.05, 3.63) is 17.5 Å². The van der Waals surface area contributed by atoms with E-state index in [-0.39, 0.29) is 12.3 Å². The third kappa shape index (κ3) is 5.97. The minimum atomic E-state index is -3.45. The molecule has 1 aliphatic heterocycles. The van der Waals surface area contributed by atoms with Gasteiger partial charge in [-0.05, 0) is 36.6 Å². The Morgan fingerprint density at radius 2 is 2.12 bits per heavy atom. The van der Waals surface area contributed by atoms with Gasteiger partial charge in [0.15, 0.2) is 15.8 Å². The number of nitrogens with one attached hydrogen (secondary N) is 1. The molecule has 2 N–H and O–H groups in total. The van der Waals surface area contributed by atoms with Crippen LogP contribution in [0.25, 0.3) is 0 Å². The number of thiophene rings is 1. The van der Waals surface area contributed by atoms with E-state index in [1.54, 1.807) is 17.5 Å². The fourth-order valence-electron chi connectivity index (χ4n) is 3.28. The van der Waals surface area contributed by atoms with Crippen molar-refractivity contribution in [3.8, 4) is 0 Å². The lowest BCUT2D eigenvalue weighted by atomic mass is 9.92. The number of hydrogen-bond acceptors (Lipinski definition) is 5. The van der Waals surface area contributed by atoms with Gasteiger partial charge >= 0.3 is 0 Å². The smallest absolute Gasteiger partial charge is 0.194 e. The van der Waals surface area contributed by atoms with Crippen LogP contribution in [0.4, 0.5) is 0 Å². The van der Waals surface area contributed by atoms with Gasteiger partial charge in [0.2, 0.25) is 0 Å². The molecule has 3 unspecified atom stereocenters. The first kappa shape index (κ1) is 20.2. The number of guanidine groups is 1. The first-order valence-electron chi connectivity index (χ1n) is 8.79. The fourth-order valence-corrected chi connectivity index (χ4v) is 5.75. The minimum Gasteiger partial charge on any atom is -0.390 e. The summed E-state index contributed by atoms with van der Waals surface area (Å²) in [6, 6.07) is 3.26. The maximum Gasteiger partial charge on any atom is 0.194 e. The average Bonchev–Trinajstić information content (AvgIpc) is 3.05. The fraction of sp³-hybridized carbons (Fsp3) is 0.706. The summed E-state index contributed by atoms with van der Waals surface area (Å²) in [4.78, 5) is 6.70. The van der Waals surface area contributed by atoms with Gasteiger partial charge in [-0.15, -0.1) is 11.3 Å². The molecule has 2 heterocycles. The van der Waals surface area contributed by atoms with Gasteiger partial charge in [0.25, 0.3) is 0 Å². The SMILES string of the molecule is CCNC(=NCC(O)CS(=O)(=O)c1cccs1)N1CC(C)CC(C)C1. The molecule has 1 fully saturated rings. The molecular formula is C17H29N3O3S2. The molecule has 1 aromatic heterocycles. The molecule has 1 aliphatic rings. The first-order valence-corrected chi connectivity index (χ1v) is 11.3. The van der Waals surface area contributed by atoms with Crippen molar-refractivity contribution in [3.63, 3.8) is 0 Å². The van der Waals surface area contributed by atoms with Gasteiger partial charge in [-0.2, -0.15) is 0 Å². The molecule has 8 heteroatoms. The van der Waals surface area contributed by atoms with E-state index in [0.717, 1.165) is 25.6 Å². The lowest BCUT2D eigenvalue weighted by Crippen LogP contribution is -2.48. The molecule has 2 rings (SSSR count). The lowest BCUT2D eigenvalue weighted by Gasteiger charge is -2.37. The Bertz CT molecular complexity index is 649. The molecule has 0 radical (unpaired) electrons. The molecule has 0 spiro atoms. The van der Waals surface area contributed by atoms with E-state index in [1.807, 2.05) is 6.92 Å². The number of nitrogens with zero attached hydrogens (tertiary/aromatic N) is 2. The van der Waals surface area contributed by atoms with Crippen LogP contribution < -0.4 is 5.32 Å². The van der Waals surface area contributed by atoms with Gasteiger partial charge in [-0.25, -0.2) is 8.42 Å². The number of aliphatic hydroxyl groups is 1.